The summed E-state index contributed by atoms with van der Waals surface area (Å²) in [4.78, 5) is 14.0. The number of amides is 1. The summed E-state index contributed by atoms with van der Waals surface area (Å²) in [6.07, 6.45) is 3.99. The molecule has 1 fully saturated rings. The summed E-state index contributed by atoms with van der Waals surface area (Å²) in [5.74, 6) is 0. The Morgan fingerprint density at radius 2 is 2.21 bits per heavy atom. The maximum Gasteiger partial charge on any atom is 0.410 e. The van der Waals surface area contributed by atoms with Crippen LogP contribution in [-0.2, 0) is 11.2 Å². The van der Waals surface area contributed by atoms with Crippen molar-refractivity contribution in [2.24, 2.45) is 0 Å². The fourth-order valence-electron chi connectivity index (χ4n) is 2.93. The molecule has 4 nitrogen and oxygen atoms in total. The van der Waals surface area contributed by atoms with Crippen molar-refractivity contribution in [3.05, 3.63) is 34.9 Å². The number of ether oxygens (including phenoxy) is 1. The van der Waals surface area contributed by atoms with Crippen molar-refractivity contribution < 1.29 is 9.53 Å². The van der Waals surface area contributed by atoms with Crippen LogP contribution < -0.4 is 5.32 Å². The fourth-order valence-corrected chi connectivity index (χ4v) is 3.14. The van der Waals surface area contributed by atoms with E-state index in [9.17, 15) is 4.79 Å². The van der Waals surface area contributed by atoms with E-state index in [0.29, 0.717) is 6.04 Å². The molecule has 1 aromatic rings. The van der Waals surface area contributed by atoms with Gasteiger partial charge in [0.2, 0.25) is 0 Å². The number of carbonyl (C=O) groups is 1. The molecule has 0 aromatic heterocycles. The highest BCUT2D eigenvalue weighted by Gasteiger charge is 2.27. The zero-order valence-electron chi connectivity index (χ0n) is 15.0. The van der Waals surface area contributed by atoms with Crippen molar-refractivity contribution in [1.82, 2.24) is 10.2 Å². The predicted molar refractivity (Wildman–Crippen MR) is 98.6 cm³/mol. The third kappa shape index (κ3) is 6.70. The van der Waals surface area contributed by atoms with Crippen LogP contribution in [-0.4, -0.2) is 42.3 Å². The van der Waals surface area contributed by atoms with Gasteiger partial charge in [0, 0.05) is 24.2 Å². The molecular weight excluding hydrogens is 324 g/mol. The summed E-state index contributed by atoms with van der Waals surface area (Å²) in [5.41, 5.74) is 0.831. The molecule has 134 valence electrons. The number of carbonyl (C=O) groups excluding carboxylic acids is 1. The molecule has 1 saturated heterocycles. The van der Waals surface area contributed by atoms with Gasteiger partial charge >= 0.3 is 6.09 Å². The van der Waals surface area contributed by atoms with Crippen LogP contribution in [0.5, 0.6) is 0 Å². The molecule has 0 radical (unpaired) electrons. The topological polar surface area (TPSA) is 41.6 Å². The number of likely N-dealkylation sites (tertiary alicyclic amines) is 1. The van der Waals surface area contributed by atoms with Gasteiger partial charge in [-0.3, -0.25) is 0 Å². The first kappa shape index (κ1) is 19.1. The predicted octanol–water partition coefficient (Wildman–Crippen LogP) is 4.26. The highest BCUT2D eigenvalue weighted by atomic mass is 35.5. The number of rotatable bonds is 5. The van der Waals surface area contributed by atoms with E-state index in [4.69, 9.17) is 16.3 Å². The first-order valence-electron chi connectivity index (χ1n) is 8.79. The quantitative estimate of drug-likeness (QED) is 0.805. The van der Waals surface area contributed by atoms with Crippen LogP contribution in [0.15, 0.2) is 24.3 Å². The summed E-state index contributed by atoms with van der Waals surface area (Å²) in [6.45, 7) is 8.17. The SMILES string of the molecule is CC(C)(C)OC(=O)N1CCC[C@@H](NCCCc2cccc(Cl)c2)C1. The molecule has 1 aromatic carbocycles. The lowest BCUT2D eigenvalue weighted by Gasteiger charge is -2.34. The van der Waals surface area contributed by atoms with Crippen LogP contribution in [0.2, 0.25) is 5.02 Å². The van der Waals surface area contributed by atoms with E-state index in [1.807, 2.05) is 43.9 Å². The minimum Gasteiger partial charge on any atom is -0.444 e. The number of piperidine rings is 1. The monoisotopic (exact) mass is 352 g/mol. The van der Waals surface area contributed by atoms with Gasteiger partial charge in [0.1, 0.15) is 5.60 Å². The lowest BCUT2D eigenvalue weighted by molar-refractivity contribution is 0.0188. The molecule has 1 amide bonds. The maximum atomic E-state index is 12.2. The molecule has 0 bridgehead atoms. The summed E-state index contributed by atoms with van der Waals surface area (Å²) in [5, 5.41) is 4.36. The first-order valence-corrected chi connectivity index (χ1v) is 9.17. The lowest BCUT2D eigenvalue weighted by Crippen LogP contribution is -2.49. The minimum absolute atomic E-state index is 0.201. The van der Waals surface area contributed by atoms with Crippen molar-refractivity contribution in [2.45, 2.75) is 58.1 Å². The Balaban J connectivity index is 1.70. The van der Waals surface area contributed by atoms with Crippen LogP contribution in [0, 0.1) is 0 Å². The smallest absolute Gasteiger partial charge is 0.410 e. The van der Waals surface area contributed by atoms with Crippen molar-refractivity contribution >= 4 is 17.7 Å². The molecular formula is C19H29ClN2O2. The van der Waals surface area contributed by atoms with E-state index in [2.05, 4.69) is 11.4 Å². The number of nitrogens with zero attached hydrogens (tertiary/aromatic N) is 1. The van der Waals surface area contributed by atoms with Crippen LogP contribution in [0.4, 0.5) is 4.79 Å². The zero-order valence-corrected chi connectivity index (χ0v) is 15.7. The molecule has 24 heavy (non-hydrogen) atoms. The Labute approximate surface area is 150 Å². The van der Waals surface area contributed by atoms with Gasteiger partial charge in [-0.25, -0.2) is 4.79 Å². The third-order valence-electron chi connectivity index (χ3n) is 4.04. The van der Waals surface area contributed by atoms with Gasteiger partial charge < -0.3 is 15.0 Å². The first-order chi connectivity index (χ1) is 11.3. The standard InChI is InChI=1S/C19H29ClN2O2/c1-19(2,3)24-18(23)22-12-6-10-17(14-22)21-11-5-8-15-7-4-9-16(20)13-15/h4,7,9,13,17,21H,5-6,8,10-12,14H2,1-3H3/t17-/m1/s1. The Kier molecular flexibility index (Phi) is 6.93. The second-order valence-electron chi connectivity index (χ2n) is 7.45. The van der Waals surface area contributed by atoms with E-state index in [-0.39, 0.29) is 6.09 Å². The molecule has 1 atom stereocenters. The molecule has 1 aliphatic heterocycles. The second kappa shape index (κ2) is 8.72. The number of halogens is 1. The highest BCUT2D eigenvalue weighted by Crippen LogP contribution is 2.16. The van der Waals surface area contributed by atoms with Gasteiger partial charge in [-0.1, -0.05) is 23.7 Å². The third-order valence-corrected chi connectivity index (χ3v) is 4.27. The van der Waals surface area contributed by atoms with Crippen molar-refractivity contribution in [1.29, 1.82) is 0 Å². The van der Waals surface area contributed by atoms with E-state index in [1.54, 1.807) is 0 Å². The number of nitrogens with one attached hydrogen (secondary N) is 1. The van der Waals surface area contributed by atoms with Gasteiger partial charge in [0.05, 0.1) is 0 Å². The van der Waals surface area contributed by atoms with Crippen LogP contribution >= 0.6 is 11.6 Å². The lowest BCUT2D eigenvalue weighted by atomic mass is 10.1. The van der Waals surface area contributed by atoms with Crippen molar-refractivity contribution in [2.75, 3.05) is 19.6 Å². The normalized spacial score (nSPS) is 18.5. The number of aryl methyl sites for hydroxylation is 1. The minimum atomic E-state index is -0.436. The van der Waals surface area contributed by atoms with Crippen LogP contribution in [0.25, 0.3) is 0 Å². The summed E-state index contributed by atoms with van der Waals surface area (Å²) in [6, 6.07) is 8.37. The van der Waals surface area contributed by atoms with E-state index in [1.165, 1.54) is 5.56 Å². The van der Waals surface area contributed by atoms with Gasteiger partial charge in [-0.05, 0) is 70.7 Å². The highest BCUT2D eigenvalue weighted by molar-refractivity contribution is 6.30. The average molecular weight is 353 g/mol. The molecule has 1 heterocycles. The summed E-state index contributed by atoms with van der Waals surface area (Å²) >= 11 is 6.01. The van der Waals surface area contributed by atoms with Crippen LogP contribution in [0.3, 0.4) is 0 Å². The largest absolute Gasteiger partial charge is 0.444 e. The second-order valence-corrected chi connectivity index (χ2v) is 7.89. The Hall–Kier alpha value is -1.26. The summed E-state index contributed by atoms with van der Waals surface area (Å²) < 4.78 is 5.47. The van der Waals surface area contributed by atoms with E-state index >= 15 is 0 Å². The van der Waals surface area contributed by atoms with Crippen molar-refractivity contribution in [3.8, 4) is 0 Å². The van der Waals surface area contributed by atoms with Gasteiger partial charge in [-0.15, -0.1) is 0 Å². The average Bonchev–Trinajstić information content (AvgIpc) is 2.50. The van der Waals surface area contributed by atoms with E-state index < -0.39 is 5.60 Å². The van der Waals surface area contributed by atoms with Crippen LogP contribution in [0.1, 0.15) is 45.6 Å². The molecule has 0 unspecified atom stereocenters. The molecule has 0 spiro atoms. The van der Waals surface area contributed by atoms with Crippen molar-refractivity contribution in [3.63, 3.8) is 0 Å². The molecule has 0 saturated carbocycles. The zero-order chi connectivity index (χ0) is 17.6. The number of hydrogen-bond acceptors (Lipinski definition) is 3. The van der Waals surface area contributed by atoms with Gasteiger partial charge in [-0.2, -0.15) is 0 Å². The van der Waals surface area contributed by atoms with Gasteiger partial charge in [0.15, 0.2) is 0 Å². The fraction of sp³-hybridized carbons (Fsp3) is 0.632. The van der Waals surface area contributed by atoms with Gasteiger partial charge in [0.25, 0.3) is 0 Å². The molecule has 1 aliphatic rings. The number of benzene rings is 1. The van der Waals surface area contributed by atoms with E-state index in [0.717, 1.165) is 50.3 Å². The summed E-state index contributed by atoms with van der Waals surface area (Å²) in [7, 11) is 0. The Morgan fingerprint density at radius 3 is 2.92 bits per heavy atom. The molecule has 2 rings (SSSR count). The molecule has 0 aliphatic carbocycles. The Morgan fingerprint density at radius 1 is 1.42 bits per heavy atom. The molecule has 1 N–H and O–H groups in total. The maximum absolute atomic E-state index is 12.2. The number of hydrogen-bond donors (Lipinski definition) is 1. The Bertz CT molecular complexity index is 542. The molecule has 5 heteroatoms.